The summed E-state index contributed by atoms with van der Waals surface area (Å²) in [5.74, 6) is 0.233. The molecule has 8 nitrogen and oxygen atoms in total. The number of amides is 1. The fraction of sp³-hybridized carbons (Fsp3) is 0.286. The number of benzene rings is 2. The van der Waals surface area contributed by atoms with Crippen LogP contribution in [0.2, 0.25) is 5.02 Å². The molecule has 3 rings (SSSR count). The van der Waals surface area contributed by atoms with Crippen molar-refractivity contribution in [2.75, 3.05) is 18.5 Å². The van der Waals surface area contributed by atoms with Crippen molar-refractivity contribution in [2.45, 2.75) is 30.6 Å². The van der Waals surface area contributed by atoms with Gasteiger partial charge >= 0.3 is 0 Å². The van der Waals surface area contributed by atoms with Crippen LogP contribution in [0.1, 0.15) is 31.2 Å². The van der Waals surface area contributed by atoms with E-state index in [1.54, 1.807) is 6.07 Å². The van der Waals surface area contributed by atoms with Gasteiger partial charge in [0.25, 0.3) is 15.9 Å². The first-order chi connectivity index (χ1) is 14.9. The van der Waals surface area contributed by atoms with Crippen molar-refractivity contribution >= 4 is 39.1 Å². The summed E-state index contributed by atoms with van der Waals surface area (Å²) in [4.78, 5) is 16.5. The number of sulfonamides is 1. The van der Waals surface area contributed by atoms with Crippen molar-refractivity contribution in [3.05, 3.63) is 53.1 Å². The standard InChI is InChI=1S/C21H21ClN4O4S/c22-18-11-15(13-23)8-9-19(18)30-14-21(27)25-16-5-4-6-17(12-16)31(28,29)26-20-7-2-1-3-10-24-20/h4-6,8-9,11-12H,1-3,7,10,14H2,(H,24,26)(H,25,27). The number of hydrogen-bond donors (Lipinski definition) is 2. The van der Waals surface area contributed by atoms with Crippen molar-refractivity contribution in [2.24, 2.45) is 4.99 Å². The average molecular weight is 461 g/mol. The Hall–Kier alpha value is -3.09. The van der Waals surface area contributed by atoms with Crippen LogP contribution in [0.3, 0.4) is 0 Å². The molecule has 0 saturated heterocycles. The van der Waals surface area contributed by atoms with E-state index < -0.39 is 15.9 Å². The number of amidine groups is 1. The molecule has 1 heterocycles. The molecule has 2 N–H and O–H groups in total. The zero-order chi connectivity index (χ0) is 22.3. The number of ether oxygens (including phenoxy) is 1. The van der Waals surface area contributed by atoms with Crippen molar-refractivity contribution in [1.29, 1.82) is 5.26 Å². The number of nitrogens with zero attached hydrogens (tertiary/aromatic N) is 2. The third-order valence-corrected chi connectivity index (χ3v) is 6.15. The topological polar surface area (TPSA) is 121 Å². The average Bonchev–Trinajstić information content (AvgIpc) is 3.01. The lowest BCUT2D eigenvalue weighted by Gasteiger charge is -2.12. The van der Waals surface area contributed by atoms with E-state index in [-0.39, 0.29) is 22.3 Å². The van der Waals surface area contributed by atoms with Crippen molar-refractivity contribution < 1.29 is 17.9 Å². The molecule has 1 amide bonds. The number of anilines is 1. The van der Waals surface area contributed by atoms with Gasteiger partial charge in [-0.25, -0.2) is 8.42 Å². The first-order valence-electron chi connectivity index (χ1n) is 9.66. The maximum Gasteiger partial charge on any atom is 0.262 e. The maximum atomic E-state index is 12.7. The third kappa shape index (κ3) is 6.44. The second-order valence-electron chi connectivity index (χ2n) is 6.87. The number of halogens is 1. The molecule has 31 heavy (non-hydrogen) atoms. The lowest BCUT2D eigenvalue weighted by molar-refractivity contribution is -0.118. The fourth-order valence-corrected chi connectivity index (χ4v) is 4.31. The first-order valence-corrected chi connectivity index (χ1v) is 11.5. The number of carbonyl (C=O) groups is 1. The first kappa shape index (κ1) is 22.6. The molecule has 0 radical (unpaired) electrons. The van der Waals surface area contributed by atoms with Crippen LogP contribution in [0.5, 0.6) is 5.75 Å². The molecule has 1 aliphatic rings. The highest BCUT2D eigenvalue weighted by Gasteiger charge is 2.18. The number of aliphatic imine (C=N–C) groups is 1. The summed E-state index contributed by atoms with van der Waals surface area (Å²) in [6.07, 6.45) is 3.44. The molecule has 0 unspecified atom stereocenters. The van der Waals surface area contributed by atoms with Crippen molar-refractivity contribution in [3.63, 3.8) is 0 Å². The second-order valence-corrected chi connectivity index (χ2v) is 8.96. The van der Waals surface area contributed by atoms with Crippen molar-refractivity contribution in [3.8, 4) is 11.8 Å². The molecule has 2 aromatic rings. The normalized spacial score (nSPS) is 14.0. The molecular weight excluding hydrogens is 440 g/mol. The van der Waals surface area contributed by atoms with Crippen LogP contribution in [0, 0.1) is 11.3 Å². The van der Waals surface area contributed by atoms with E-state index >= 15 is 0 Å². The van der Waals surface area contributed by atoms with Gasteiger partial charge in [0, 0.05) is 18.7 Å². The van der Waals surface area contributed by atoms with Gasteiger partial charge in [-0.2, -0.15) is 5.26 Å². The zero-order valence-corrected chi connectivity index (χ0v) is 18.2. The van der Waals surface area contributed by atoms with Crippen LogP contribution < -0.4 is 14.8 Å². The number of nitriles is 1. The van der Waals surface area contributed by atoms with E-state index in [1.807, 2.05) is 6.07 Å². The highest BCUT2D eigenvalue weighted by Crippen LogP contribution is 2.25. The summed E-state index contributed by atoms with van der Waals surface area (Å²) in [5.41, 5.74) is 0.688. The van der Waals surface area contributed by atoms with Crippen LogP contribution in [-0.2, 0) is 14.8 Å². The molecule has 0 spiro atoms. The number of carbonyl (C=O) groups excluding carboxylic acids is 1. The molecular formula is C21H21ClN4O4S. The minimum atomic E-state index is -3.81. The van der Waals surface area contributed by atoms with E-state index in [9.17, 15) is 13.2 Å². The van der Waals surface area contributed by atoms with Crippen LogP contribution in [-0.4, -0.2) is 33.3 Å². The van der Waals surface area contributed by atoms with Crippen LogP contribution in [0.25, 0.3) is 0 Å². The van der Waals surface area contributed by atoms with Gasteiger partial charge in [0.05, 0.1) is 21.6 Å². The Bertz CT molecular complexity index is 1140. The predicted molar refractivity (Wildman–Crippen MR) is 118 cm³/mol. The summed E-state index contributed by atoms with van der Waals surface area (Å²) in [6, 6.07) is 12.4. The quantitative estimate of drug-likeness (QED) is 0.683. The molecule has 0 atom stereocenters. The number of nitrogens with one attached hydrogen (secondary N) is 2. The third-order valence-electron chi connectivity index (χ3n) is 4.47. The summed E-state index contributed by atoms with van der Waals surface area (Å²) in [5, 5.41) is 11.7. The van der Waals surface area contributed by atoms with Crippen LogP contribution >= 0.6 is 11.6 Å². The molecule has 0 saturated carbocycles. The fourth-order valence-electron chi connectivity index (χ4n) is 2.94. The van der Waals surface area contributed by atoms with Crippen molar-refractivity contribution in [1.82, 2.24) is 4.72 Å². The molecule has 10 heteroatoms. The number of rotatable bonds is 6. The largest absolute Gasteiger partial charge is 0.482 e. The minimum Gasteiger partial charge on any atom is -0.482 e. The van der Waals surface area contributed by atoms with E-state index in [0.29, 0.717) is 30.1 Å². The Morgan fingerprint density at radius 3 is 2.81 bits per heavy atom. The Kier molecular flexibility index (Phi) is 7.50. The summed E-state index contributed by atoms with van der Waals surface area (Å²) in [6.45, 7) is 0.273. The Labute approximate surface area is 185 Å². The molecule has 2 aromatic carbocycles. The molecule has 0 aliphatic carbocycles. The zero-order valence-electron chi connectivity index (χ0n) is 16.6. The van der Waals surface area contributed by atoms with Crippen LogP contribution in [0.15, 0.2) is 52.4 Å². The highest BCUT2D eigenvalue weighted by molar-refractivity contribution is 7.90. The lowest BCUT2D eigenvalue weighted by Crippen LogP contribution is -2.30. The van der Waals surface area contributed by atoms with Gasteiger partial charge in [-0.05, 0) is 49.2 Å². The minimum absolute atomic E-state index is 0.0216. The van der Waals surface area contributed by atoms with Gasteiger partial charge in [-0.1, -0.05) is 24.1 Å². The van der Waals surface area contributed by atoms with Gasteiger partial charge in [-0.15, -0.1) is 0 Å². The summed E-state index contributed by atoms with van der Waals surface area (Å²) >= 11 is 6.02. The smallest absolute Gasteiger partial charge is 0.262 e. The monoisotopic (exact) mass is 460 g/mol. The van der Waals surface area contributed by atoms with E-state index in [2.05, 4.69) is 15.0 Å². The van der Waals surface area contributed by atoms with Gasteiger partial charge in [0.15, 0.2) is 6.61 Å². The molecule has 162 valence electrons. The Morgan fingerprint density at radius 2 is 2.03 bits per heavy atom. The summed E-state index contributed by atoms with van der Waals surface area (Å²) in [7, 11) is -3.81. The Morgan fingerprint density at radius 1 is 1.19 bits per heavy atom. The van der Waals surface area contributed by atoms with E-state index in [4.69, 9.17) is 21.6 Å². The Balaban J connectivity index is 1.62. The second kappa shape index (κ2) is 10.3. The van der Waals surface area contributed by atoms with Gasteiger partial charge in [0.1, 0.15) is 11.6 Å². The van der Waals surface area contributed by atoms with Gasteiger partial charge in [0.2, 0.25) is 0 Å². The number of hydrogen-bond acceptors (Lipinski definition) is 6. The predicted octanol–water partition coefficient (Wildman–Crippen LogP) is 3.48. The maximum absolute atomic E-state index is 12.7. The SMILES string of the molecule is N#Cc1ccc(OCC(=O)Nc2cccc(S(=O)(=O)NC3=NCCCCC3)c2)c(Cl)c1. The highest BCUT2D eigenvalue weighted by atomic mass is 35.5. The molecule has 1 aliphatic heterocycles. The van der Waals surface area contributed by atoms with Crippen LogP contribution in [0.4, 0.5) is 5.69 Å². The van der Waals surface area contributed by atoms with E-state index in [0.717, 1.165) is 19.3 Å². The lowest BCUT2D eigenvalue weighted by atomic mass is 10.2. The summed E-state index contributed by atoms with van der Waals surface area (Å²) < 4.78 is 33.3. The van der Waals surface area contributed by atoms with Gasteiger partial charge in [-0.3, -0.25) is 14.5 Å². The molecule has 0 fully saturated rings. The molecule has 0 bridgehead atoms. The van der Waals surface area contributed by atoms with E-state index in [1.165, 1.54) is 36.4 Å². The molecule has 0 aromatic heterocycles. The van der Waals surface area contributed by atoms with Gasteiger partial charge < -0.3 is 10.1 Å².